The highest BCUT2D eigenvalue weighted by Crippen LogP contribution is 2.22. The lowest BCUT2D eigenvalue weighted by atomic mass is 10.3. The molecule has 0 bridgehead atoms. The third-order valence-electron chi connectivity index (χ3n) is 3.46. The summed E-state index contributed by atoms with van der Waals surface area (Å²) in [6.07, 6.45) is 0. The van der Waals surface area contributed by atoms with Gasteiger partial charge in [-0.1, -0.05) is 23.5 Å². The predicted octanol–water partition coefficient (Wildman–Crippen LogP) is 3.24. The van der Waals surface area contributed by atoms with Gasteiger partial charge in [0.25, 0.3) is 5.91 Å². The van der Waals surface area contributed by atoms with Crippen molar-refractivity contribution >= 4 is 33.1 Å². The molecule has 0 aliphatic heterocycles. The zero-order valence-electron chi connectivity index (χ0n) is 12.9. The quantitative estimate of drug-likeness (QED) is 0.771. The first-order valence-corrected chi connectivity index (χ1v) is 8.20. The van der Waals surface area contributed by atoms with Gasteiger partial charge in [0, 0.05) is 12.2 Å². The Morgan fingerprint density at radius 1 is 1.29 bits per heavy atom. The second kappa shape index (κ2) is 6.84. The van der Waals surface area contributed by atoms with Crippen molar-refractivity contribution in [1.29, 1.82) is 0 Å². The molecule has 1 amide bonds. The number of para-hydroxylation sites is 1. The van der Waals surface area contributed by atoms with Crippen LogP contribution in [-0.2, 0) is 11.3 Å². The fourth-order valence-electron chi connectivity index (χ4n) is 2.35. The van der Waals surface area contributed by atoms with Crippen molar-refractivity contribution in [3.8, 4) is 5.75 Å². The molecule has 0 spiro atoms. The van der Waals surface area contributed by atoms with Gasteiger partial charge in [0.05, 0.1) is 10.2 Å². The number of hydrogen-bond acceptors (Lipinski definition) is 4. The SMILES string of the molecule is CCn1c(=O)sc2cc(NC(=O)COc3ccccc3F)ccc21. The van der Waals surface area contributed by atoms with Gasteiger partial charge in [-0.3, -0.25) is 14.2 Å². The fourth-order valence-corrected chi connectivity index (χ4v) is 3.34. The molecule has 3 rings (SSSR count). The van der Waals surface area contributed by atoms with Crippen LogP contribution in [0.1, 0.15) is 6.92 Å². The highest BCUT2D eigenvalue weighted by atomic mass is 32.1. The number of anilines is 1. The molecule has 0 fully saturated rings. The van der Waals surface area contributed by atoms with Gasteiger partial charge in [-0.05, 0) is 37.3 Å². The van der Waals surface area contributed by atoms with Crippen molar-refractivity contribution in [3.63, 3.8) is 0 Å². The zero-order valence-corrected chi connectivity index (χ0v) is 13.7. The summed E-state index contributed by atoms with van der Waals surface area (Å²) in [5, 5.41) is 2.68. The van der Waals surface area contributed by atoms with E-state index in [1.165, 1.54) is 12.1 Å². The molecule has 0 radical (unpaired) electrons. The second-order valence-electron chi connectivity index (χ2n) is 5.06. The van der Waals surface area contributed by atoms with Gasteiger partial charge in [-0.25, -0.2) is 4.39 Å². The Kier molecular flexibility index (Phi) is 4.61. The number of aromatic nitrogens is 1. The number of ether oxygens (including phenoxy) is 1. The molecular weight excluding hydrogens is 331 g/mol. The molecule has 0 unspecified atom stereocenters. The highest BCUT2D eigenvalue weighted by Gasteiger charge is 2.10. The number of hydrogen-bond donors (Lipinski definition) is 1. The van der Waals surface area contributed by atoms with E-state index in [0.29, 0.717) is 12.2 Å². The van der Waals surface area contributed by atoms with Crippen LogP contribution in [-0.4, -0.2) is 17.1 Å². The summed E-state index contributed by atoms with van der Waals surface area (Å²) in [5.74, 6) is -0.890. The number of benzene rings is 2. The van der Waals surface area contributed by atoms with Crippen LogP contribution in [0.15, 0.2) is 47.3 Å². The highest BCUT2D eigenvalue weighted by molar-refractivity contribution is 7.16. The van der Waals surface area contributed by atoms with Gasteiger partial charge < -0.3 is 10.1 Å². The Balaban J connectivity index is 1.69. The predicted molar refractivity (Wildman–Crippen MR) is 92.3 cm³/mol. The normalized spacial score (nSPS) is 10.8. The summed E-state index contributed by atoms with van der Waals surface area (Å²) in [4.78, 5) is 23.7. The first kappa shape index (κ1) is 16.2. The molecule has 124 valence electrons. The second-order valence-corrected chi connectivity index (χ2v) is 6.06. The Hall–Kier alpha value is -2.67. The lowest BCUT2D eigenvalue weighted by Crippen LogP contribution is -2.20. The summed E-state index contributed by atoms with van der Waals surface area (Å²) < 4.78 is 21.1. The van der Waals surface area contributed by atoms with E-state index in [1.807, 2.05) is 6.92 Å². The minimum atomic E-state index is -0.516. The molecule has 1 N–H and O–H groups in total. The maximum Gasteiger partial charge on any atom is 0.308 e. The first-order valence-electron chi connectivity index (χ1n) is 7.39. The van der Waals surface area contributed by atoms with E-state index in [0.717, 1.165) is 21.6 Å². The van der Waals surface area contributed by atoms with Crippen molar-refractivity contribution < 1.29 is 13.9 Å². The van der Waals surface area contributed by atoms with Gasteiger partial charge in [0.15, 0.2) is 18.2 Å². The number of aryl methyl sites for hydroxylation is 1. The lowest BCUT2D eigenvalue weighted by molar-refractivity contribution is -0.118. The lowest BCUT2D eigenvalue weighted by Gasteiger charge is -2.08. The maximum absolute atomic E-state index is 13.4. The first-order chi connectivity index (χ1) is 11.6. The number of carbonyl (C=O) groups is 1. The zero-order chi connectivity index (χ0) is 17.1. The van der Waals surface area contributed by atoms with Crippen LogP contribution >= 0.6 is 11.3 Å². The Morgan fingerprint density at radius 2 is 2.08 bits per heavy atom. The van der Waals surface area contributed by atoms with Crippen LogP contribution in [0.4, 0.5) is 10.1 Å². The molecule has 0 saturated heterocycles. The number of carbonyl (C=O) groups excluding carboxylic acids is 1. The van der Waals surface area contributed by atoms with E-state index >= 15 is 0 Å². The minimum Gasteiger partial charge on any atom is -0.481 e. The van der Waals surface area contributed by atoms with E-state index in [2.05, 4.69) is 5.32 Å². The molecular formula is C17H15FN2O3S. The van der Waals surface area contributed by atoms with E-state index < -0.39 is 11.7 Å². The number of fused-ring (bicyclic) bond motifs is 1. The largest absolute Gasteiger partial charge is 0.481 e. The average molecular weight is 346 g/mol. The van der Waals surface area contributed by atoms with Crippen LogP contribution in [0, 0.1) is 5.82 Å². The van der Waals surface area contributed by atoms with Crippen LogP contribution in [0.3, 0.4) is 0 Å². The topological polar surface area (TPSA) is 60.3 Å². The van der Waals surface area contributed by atoms with Crippen molar-refractivity contribution in [2.45, 2.75) is 13.5 Å². The number of rotatable bonds is 5. The monoisotopic (exact) mass is 346 g/mol. The summed E-state index contributed by atoms with van der Waals surface area (Å²) in [6.45, 7) is 2.20. The molecule has 24 heavy (non-hydrogen) atoms. The van der Waals surface area contributed by atoms with Crippen LogP contribution < -0.4 is 14.9 Å². The van der Waals surface area contributed by atoms with E-state index in [9.17, 15) is 14.0 Å². The van der Waals surface area contributed by atoms with E-state index in [1.54, 1.807) is 34.9 Å². The number of amides is 1. The molecule has 2 aromatic carbocycles. The fraction of sp³-hybridized carbons (Fsp3) is 0.176. The molecule has 0 atom stereocenters. The summed E-state index contributed by atoms with van der Waals surface area (Å²) >= 11 is 1.13. The Morgan fingerprint density at radius 3 is 2.83 bits per heavy atom. The van der Waals surface area contributed by atoms with Gasteiger partial charge in [-0.2, -0.15) is 0 Å². The van der Waals surface area contributed by atoms with Crippen LogP contribution in [0.2, 0.25) is 0 Å². The molecule has 0 aliphatic rings. The van der Waals surface area contributed by atoms with Gasteiger partial charge in [0.1, 0.15) is 0 Å². The molecule has 0 aliphatic carbocycles. The van der Waals surface area contributed by atoms with E-state index in [-0.39, 0.29) is 17.2 Å². The summed E-state index contributed by atoms with van der Waals surface area (Å²) in [5.41, 5.74) is 1.40. The number of halogens is 1. The summed E-state index contributed by atoms with van der Waals surface area (Å²) in [7, 11) is 0. The standard InChI is InChI=1S/C17H15FN2O3S/c1-2-20-13-8-7-11(9-15(13)24-17(20)22)19-16(21)10-23-14-6-4-3-5-12(14)18/h3-9H,2,10H2,1H3,(H,19,21). The molecule has 1 heterocycles. The van der Waals surface area contributed by atoms with Crippen LogP contribution in [0.25, 0.3) is 10.2 Å². The Bertz CT molecular complexity index is 948. The van der Waals surface area contributed by atoms with Crippen LogP contribution in [0.5, 0.6) is 5.75 Å². The smallest absolute Gasteiger partial charge is 0.308 e. The number of thiazole rings is 1. The molecule has 7 heteroatoms. The van der Waals surface area contributed by atoms with Gasteiger partial charge >= 0.3 is 4.87 Å². The van der Waals surface area contributed by atoms with E-state index in [4.69, 9.17) is 4.74 Å². The minimum absolute atomic E-state index is 0.0288. The third-order valence-corrected chi connectivity index (χ3v) is 4.41. The number of nitrogens with one attached hydrogen (secondary N) is 1. The van der Waals surface area contributed by atoms with Gasteiger partial charge in [-0.15, -0.1) is 0 Å². The van der Waals surface area contributed by atoms with Crippen molar-refractivity contribution in [3.05, 3.63) is 57.9 Å². The molecule has 0 saturated carbocycles. The summed E-state index contributed by atoms with van der Waals surface area (Å²) in [6, 6.07) is 11.2. The third kappa shape index (κ3) is 3.30. The number of nitrogens with zero attached hydrogens (tertiary/aromatic N) is 1. The van der Waals surface area contributed by atoms with Gasteiger partial charge in [0.2, 0.25) is 0 Å². The maximum atomic E-state index is 13.4. The average Bonchev–Trinajstić information content (AvgIpc) is 2.88. The molecule has 3 aromatic rings. The van der Waals surface area contributed by atoms with Crippen molar-refractivity contribution in [2.75, 3.05) is 11.9 Å². The Labute approximate surface area is 141 Å². The van der Waals surface area contributed by atoms with Crippen molar-refractivity contribution in [1.82, 2.24) is 4.57 Å². The molecule has 1 aromatic heterocycles. The van der Waals surface area contributed by atoms with Crippen molar-refractivity contribution in [2.24, 2.45) is 0 Å². The molecule has 5 nitrogen and oxygen atoms in total.